The highest BCUT2D eigenvalue weighted by Gasteiger charge is 2.35. The van der Waals surface area contributed by atoms with Crippen molar-refractivity contribution in [2.75, 3.05) is 7.05 Å². The molecule has 1 aromatic rings. The molecule has 1 amide bonds. The fourth-order valence-corrected chi connectivity index (χ4v) is 2.11. The topological polar surface area (TPSA) is 57.6 Å². The Bertz CT molecular complexity index is 511. The van der Waals surface area contributed by atoms with Gasteiger partial charge in [0.05, 0.1) is 0 Å². The van der Waals surface area contributed by atoms with Crippen molar-refractivity contribution < 1.29 is 14.7 Å². The highest BCUT2D eigenvalue weighted by Crippen LogP contribution is 2.19. The number of carbonyl (C=O) groups is 2. The minimum absolute atomic E-state index is 0.130. The lowest BCUT2D eigenvalue weighted by Crippen LogP contribution is -2.51. The first kappa shape index (κ1) is 17.5. The molecule has 116 valence electrons. The van der Waals surface area contributed by atoms with E-state index in [-0.39, 0.29) is 11.8 Å². The number of hydrogen-bond acceptors (Lipinski definition) is 2. The van der Waals surface area contributed by atoms with E-state index in [0.29, 0.717) is 11.4 Å². The second-order valence-corrected chi connectivity index (χ2v) is 6.39. The molecular formula is C16H22ClNO3. The van der Waals surface area contributed by atoms with Gasteiger partial charge < -0.3 is 10.0 Å². The highest BCUT2D eigenvalue weighted by molar-refractivity contribution is 6.30. The van der Waals surface area contributed by atoms with Gasteiger partial charge in [-0.15, -0.1) is 0 Å². The van der Waals surface area contributed by atoms with E-state index in [1.165, 1.54) is 25.8 Å². The fraction of sp³-hybridized carbons (Fsp3) is 0.500. The van der Waals surface area contributed by atoms with Gasteiger partial charge in [-0.1, -0.05) is 30.7 Å². The predicted octanol–water partition coefficient (Wildman–Crippen LogP) is 3.23. The van der Waals surface area contributed by atoms with Gasteiger partial charge in [-0.05, 0) is 43.9 Å². The molecule has 1 unspecified atom stereocenters. The van der Waals surface area contributed by atoms with Crippen molar-refractivity contribution in [1.29, 1.82) is 0 Å². The van der Waals surface area contributed by atoms with Crippen LogP contribution in [0.1, 0.15) is 32.8 Å². The molecule has 4 nitrogen and oxygen atoms in total. The first-order valence-corrected chi connectivity index (χ1v) is 7.27. The number of amides is 1. The summed E-state index contributed by atoms with van der Waals surface area (Å²) in [6.45, 7) is 5.03. The minimum Gasteiger partial charge on any atom is -0.480 e. The number of aliphatic carboxylic acids is 1. The molecule has 0 radical (unpaired) electrons. The number of halogens is 1. The molecular weight excluding hydrogens is 290 g/mol. The number of nitrogens with zero attached hydrogens (tertiary/aromatic N) is 1. The number of benzene rings is 1. The standard InChI is InChI=1S/C16H22ClNO3/c1-11(9-12-5-7-13(17)8-6-12)10-14(19)18(4)16(2,3)15(20)21/h5-8,11H,9-10H2,1-4H3,(H,20,21). The lowest BCUT2D eigenvalue weighted by Gasteiger charge is -2.32. The van der Waals surface area contributed by atoms with E-state index in [9.17, 15) is 9.59 Å². The van der Waals surface area contributed by atoms with Crippen LogP contribution in [0.3, 0.4) is 0 Å². The van der Waals surface area contributed by atoms with E-state index in [2.05, 4.69) is 0 Å². The van der Waals surface area contributed by atoms with Crippen LogP contribution in [0.2, 0.25) is 5.02 Å². The third-order valence-corrected chi connectivity index (χ3v) is 4.01. The zero-order chi connectivity index (χ0) is 16.2. The SMILES string of the molecule is CC(CC(=O)N(C)C(C)(C)C(=O)O)Cc1ccc(Cl)cc1. The molecule has 0 spiro atoms. The van der Waals surface area contributed by atoms with E-state index < -0.39 is 11.5 Å². The van der Waals surface area contributed by atoms with Crippen molar-refractivity contribution in [1.82, 2.24) is 4.90 Å². The van der Waals surface area contributed by atoms with Gasteiger partial charge in [-0.3, -0.25) is 4.79 Å². The molecule has 1 aromatic carbocycles. The Morgan fingerprint density at radius 2 is 1.81 bits per heavy atom. The molecule has 0 aliphatic heterocycles. The number of rotatable bonds is 6. The maximum atomic E-state index is 12.2. The largest absolute Gasteiger partial charge is 0.480 e. The molecule has 0 saturated carbocycles. The van der Waals surface area contributed by atoms with E-state index in [1.807, 2.05) is 31.2 Å². The summed E-state index contributed by atoms with van der Waals surface area (Å²) in [5.74, 6) is -1.04. The van der Waals surface area contributed by atoms with Gasteiger partial charge in [-0.25, -0.2) is 4.79 Å². The van der Waals surface area contributed by atoms with Crippen LogP contribution in [0.25, 0.3) is 0 Å². The summed E-state index contributed by atoms with van der Waals surface area (Å²) in [5.41, 5.74) is -0.0864. The number of carboxylic acids is 1. The number of carboxylic acid groups (broad SMARTS) is 1. The Kier molecular flexibility index (Phi) is 5.78. The van der Waals surface area contributed by atoms with Crippen LogP contribution in [-0.4, -0.2) is 34.5 Å². The lowest BCUT2D eigenvalue weighted by molar-refractivity contribution is -0.155. The monoisotopic (exact) mass is 311 g/mol. The van der Waals surface area contributed by atoms with E-state index in [0.717, 1.165) is 12.0 Å². The normalized spacial score (nSPS) is 12.8. The van der Waals surface area contributed by atoms with Gasteiger partial charge in [0.15, 0.2) is 0 Å². The minimum atomic E-state index is -1.20. The molecule has 1 rings (SSSR count). The number of carbonyl (C=O) groups excluding carboxylic acids is 1. The second-order valence-electron chi connectivity index (χ2n) is 5.96. The van der Waals surface area contributed by atoms with Crippen molar-refractivity contribution >= 4 is 23.5 Å². The average molecular weight is 312 g/mol. The van der Waals surface area contributed by atoms with Gasteiger partial charge >= 0.3 is 5.97 Å². The molecule has 5 heteroatoms. The first-order chi connectivity index (χ1) is 9.64. The Labute approximate surface area is 130 Å². The molecule has 1 atom stereocenters. The Balaban J connectivity index is 2.62. The molecule has 0 fully saturated rings. The summed E-state index contributed by atoms with van der Waals surface area (Å²) in [6, 6.07) is 7.53. The van der Waals surface area contributed by atoms with Crippen molar-refractivity contribution in [3.63, 3.8) is 0 Å². The zero-order valence-corrected chi connectivity index (χ0v) is 13.6. The molecule has 0 bridgehead atoms. The van der Waals surface area contributed by atoms with Crippen LogP contribution in [-0.2, 0) is 16.0 Å². The van der Waals surface area contributed by atoms with Crippen LogP contribution in [0.4, 0.5) is 0 Å². The molecule has 0 aromatic heterocycles. The van der Waals surface area contributed by atoms with Gasteiger partial charge in [-0.2, -0.15) is 0 Å². The third-order valence-electron chi connectivity index (χ3n) is 3.76. The number of likely N-dealkylation sites (N-methyl/N-ethyl adjacent to an activating group) is 1. The van der Waals surface area contributed by atoms with Crippen molar-refractivity contribution in [2.45, 2.75) is 39.2 Å². The predicted molar refractivity (Wildman–Crippen MR) is 83.4 cm³/mol. The smallest absolute Gasteiger partial charge is 0.329 e. The maximum Gasteiger partial charge on any atom is 0.329 e. The molecule has 0 heterocycles. The van der Waals surface area contributed by atoms with Crippen LogP contribution < -0.4 is 0 Å². The fourth-order valence-electron chi connectivity index (χ4n) is 1.99. The van der Waals surface area contributed by atoms with Crippen LogP contribution >= 0.6 is 11.6 Å². The van der Waals surface area contributed by atoms with Crippen LogP contribution in [0, 0.1) is 5.92 Å². The lowest BCUT2D eigenvalue weighted by atomic mass is 9.96. The van der Waals surface area contributed by atoms with Gasteiger partial charge in [0.1, 0.15) is 5.54 Å². The number of hydrogen-bond donors (Lipinski definition) is 1. The van der Waals surface area contributed by atoms with Gasteiger partial charge in [0.25, 0.3) is 0 Å². The molecule has 1 N–H and O–H groups in total. The molecule has 0 aliphatic rings. The molecule has 0 aliphatic carbocycles. The first-order valence-electron chi connectivity index (χ1n) is 6.89. The molecule has 0 saturated heterocycles. The summed E-state index contributed by atoms with van der Waals surface area (Å²) >= 11 is 5.84. The third kappa shape index (κ3) is 4.74. The van der Waals surface area contributed by atoms with E-state index in [1.54, 1.807) is 0 Å². The van der Waals surface area contributed by atoms with Crippen LogP contribution in [0.5, 0.6) is 0 Å². The highest BCUT2D eigenvalue weighted by atomic mass is 35.5. The Hall–Kier alpha value is -1.55. The zero-order valence-electron chi connectivity index (χ0n) is 12.9. The van der Waals surface area contributed by atoms with Crippen LogP contribution in [0.15, 0.2) is 24.3 Å². The van der Waals surface area contributed by atoms with E-state index in [4.69, 9.17) is 16.7 Å². The van der Waals surface area contributed by atoms with Crippen molar-refractivity contribution in [2.24, 2.45) is 5.92 Å². The quantitative estimate of drug-likeness (QED) is 0.877. The molecule has 21 heavy (non-hydrogen) atoms. The summed E-state index contributed by atoms with van der Waals surface area (Å²) < 4.78 is 0. The van der Waals surface area contributed by atoms with Gasteiger partial charge in [0.2, 0.25) is 5.91 Å². The summed E-state index contributed by atoms with van der Waals surface area (Å²) in [7, 11) is 1.53. The van der Waals surface area contributed by atoms with Crippen molar-refractivity contribution in [3.05, 3.63) is 34.9 Å². The summed E-state index contributed by atoms with van der Waals surface area (Å²) in [6.07, 6.45) is 1.07. The Morgan fingerprint density at radius 1 is 1.29 bits per heavy atom. The average Bonchev–Trinajstić information content (AvgIpc) is 2.40. The van der Waals surface area contributed by atoms with Gasteiger partial charge in [0, 0.05) is 18.5 Å². The van der Waals surface area contributed by atoms with Crippen molar-refractivity contribution in [3.8, 4) is 0 Å². The summed E-state index contributed by atoms with van der Waals surface area (Å²) in [5, 5.41) is 9.84. The van der Waals surface area contributed by atoms with E-state index >= 15 is 0 Å². The summed E-state index contributed by atoms with van der Waals surface area (Å²) in [4.78, 5) is 24.7. The Morgan fingerprint density at radius 3 is 2.29 bits per heavy atom. The second kappa shape index (κ2) is 6.94. The maximum absolute atomic E-state index is 12.2.